The number of carbonyl (C=O) groups excluding carboxylic acids is 2. The maximum absolute atomic E-state index is 11.9. The second kappa shape index (κ2) is 7.59. The van der Waals surface area contributed by atoms with Crippen molar-refractivity contribution in [2.24, 2.45) is 5.73 Å². The molecule has 0 unspecified atom stereocenters. The first kappa shape index (κ1) is 15.2. The van der Waals surface area contributed by atoms with E-state index < -0.39 is 11.9 Å². The van der Waals surface area contributed by atoms with E-state index in [1.165, 1.54) is 0 Å². The number of unbranched alkanes of at least 4 members (excludes halogenated alkanes) is 1. The molecule has 0 fully saturated rings. The minimum absolute atomic E-state index is 0.334. The average Bonchev–Trinajstić information content (AvgIpc) is 2.38. The highest BCUT2D eigenvalue weighted by molar-refractivity contribution is 6.30. The van der Waals surface area contributed by atoms with Crippen molar-refractivity contribution in [2.75, 3.05) is 0 Å². The number of primary amides is 1. The second-order valence-electron chi connectivity index (χ2n) is 4.15. The van der Waals surface area contributed by atoms with Crippen molar-refractivity contribution in [1.29, 1.82) is 0 Å². The normalized spacial score (nSPS) is 11.6. The van der Waals surface area contributed by atoms with Crippen molar-refractivity contribution in [3.8, 4) is 0 Å². The molecule has 1 aromatic rings. The van der Waals surface area contributed by atoms with Crippen LogP contribution >= 0.6 is 11.6 Å². The third kappa shape index (κ3) is 5.14. The molecule has 0 heterocycles. The van der Waals surface area contributed by atoms with Crippen LogP contribution in [-0.4, -0.2) is 17.9 Å². The topological polar surface area (TPSA) is 72.2 Å². The lowest BCUT2D eigenvalue weighted by Crippen LogP contribution is -2.44. The molecule has 0 aliphatic heterocycles. The summed E-state index contributed by atoms with van der Waals surface area (Å²) in [4.78, 5) is 23.2. The van der Waals surface area contributed by atoms with E-state index in [4.69, 9.17) is 17.3 Å². The lowest BCUT2D eigenvalue weighted by molar-refractivity contribution is -0.120. The summed E-state index contributed by atoms with van der Waals surface area (Å²) in [5, 5.41) is 3.17. The molecule has 0 saturated carbocycles. The van der Waals surface area contributed by atoms with E-state index in [9.17, 15) is 9.59 Å². The first-order chi connectivity index (χ1) is 9.04. The zero-order chi connectivity index (χ0) is 14.3. The van der Waals surface area contributed by atoms with Crippen LogP contribution in [0.5, 0.6) is 0 Å². The van der Waals surface area contributed by atoms with Gasteiger partial charge in [-0.25, -0.2) is 0 Å². The van der Waals surface area contributed by atoms with Crippen molar-refractivity contribution >= 4 is 23.4 Å². The molecule has 2 amide bonds. The number of nitrogens with two attached hydrogens (primary N) is 1. The molecule has 0 radical (unpaired) electrons. The van der Waals surface area contributed by atoms with Gasteiger partial charge in [0.05, 0.1) is 0 Å². The molecule has 5 heteroatoms. The SMILES string of the molecule is C=CCCC[C@@H](NC(=O)c1ccc(Cl)cc1)C(N)=O. The van der Waals surface area contributed by atoms with Crippen molar-refractivity contribution in [1.82, 2.24) is 5.32 Å². The van der Waals surface area contributed by atoms with E-state index in [2.05, 4.69) is 11.9 Å². The van der Waals surface area contributed by atoms with Gasteiger partial charge in [0.1, 0.15) is 6.04 Å². The predicted octanol–water partition coefficient (Wildman–Crippen LogP) is 2.28. The van der Waals surface area contributed by atoms with Crippen LogP contribution in [0.4, 0.5) is 0 Å². The number of carbonyl (C=O) groups is 2. The summed E-state index contributed by atoms with van der Waals surface area (Å²) in [5.41, 5.74) is 5.71. The van der Waals surface area contributed by atoms with Crippen LogP contribution < -0.4 is 11.1 Å². The molecule has 0 bridgehead atoms. The standard InChI is InChI=1S/C14H17ClN2O2/c1-2-3-4-5-12(13(16)18)17-14(19)10-6-8-11(15)9-7-10/h2,6-9,12H,1,3-5H2,(H2,16,18)(H,17,19)/t12-/m1/s1. The molecule has 1 atom stereocenters. The van der Waals surface area contributed by atoms with E-state index >= 15 is 0 Å². The Kier molecular flexibility index (Phi) is 6.09. The summed E-state index contributed by atoms with van der Waals surface area (Å²) >= 11 is 5.74. The summed E-state index contributed by atoms with van der Waals surface area (Å²) in [6.45, 7) is 3.60. The van der Waals surface area contributed by atoms with E-state index in [1.54, 1.807) is 30.3 Å². The lowest BCUT2D eigenvalue weighted by Gasteiger charge is -2.15. The fourth-order valence-electron chi connectivity index (χ4n) is 1.59. The molecule has 0 aliphatic rings. The van der Waals surface area contributed by atoms with E-state index in [1.807, 2.05) is 0 Å². The first-order valence-corrected chi connectivity index (χ1v) is 6.39. The Morgan fingerprint density at radius 2 is 2.00 bits per heavy atom. The van der Waals surface area contributed by atoms with Gasteiger partial charge in [-0.3, -0.25) is 9.59 Å². The largest absolute Gasteiger partial charge is 0.368 e. The number of nitrogens with one attached hydrogen (secondary N) is 1. The van der Waals surface area contributed by atoms with Gasteiger partial charge in [-0.1, -0.05) is 17.7 Å². The van der Waals surface area contributed by atoms with Crippen LogP contribution in [-0.2, 0) is 4.79 Å². The summed E-state index contributed by atoms with van der Waals surface area (Å²) in [6.07, 6.45) is 3.79. The Bertz CT molecular complexity index is 457. The Labute approximate surface area is 117 Å². The van der Waals surface area contributed by atoms with Gasteiger partial charge < -0.3 is 11.1 Å². The Hall–Kier alpha value is -1.81. The molecule has 19 heavy (non-hydrogen) atoms. The van der Waals surface area contributed by atoms with Gasteiger partial charge in [-0.15, -0.1) is 6.58 Å². The molecule has 102 valence electrons. The number of allylic oxidation sites excluding steroid dienone is 1. The molecular weight excluding hydrogens is 264 g/mol. The second-order valence-corrected chi connectivity index (χ2v) is 4.59. The zero-order valence-corrected chi connectivity index (χ0v) is 11.3. The maximum Gasteiger partial charge on any atom is 0.251 e. The average molecular weight is 281 g/mol. The van der Waals surface area contributed by atoms with E-state index in [-0.39, 0.29) is 5.91 Å². The molecule has 0 aromatic heterocycles. The molecule has 3 N–H and O–H groups in total. The van der Waals surface area contributed by atoms with Gasteiger partial charge in [0.25, 0.3) is 5.91 Å². The van der Waals surface area contributed by atoms with Crippen LogP contribution in [0, 0.1) is 0 Å². The number of amides is 2. The van der Waals surface area contributed by atoms with Gasteiger partial charge in [-0.05, 0) is 43.5 Å². The Morgan fingerprint density at radius 3 is 2.53 bits per heavy atom. The molecule has 1 rings (SSSR count). The third-order valence-electron chi connectivity index (χ3n) is 2.66. The Morgan fingerprint density at radius 1 is 1.37 bits per heavy atom. The lowest BCUT2D eigenvalue weighted by atomic mass is 10.1. The van der Waals surface area contributed by atoms with Crippen LogP contribution in [0.2, 0.25) is 5.02 Å². The minimum atomic E-state index is -0.664. The van der Waals surface area contributed by atoms with Crippen LogP contribution in [0.25, 0.3) is 0 Å². The van der Waals surface area contributed by atoms with Crippen LogP contribution in [0.1, 0.15) is 29.6 Å². The summed E-state index contributed by atoms with van der Waals surface area (Å²) in [7, 11) is 0. The maximum atomic E-state index is 11.9. The predicted molar refractivity (Wildman–Crippen MR) is 75.9 cm³/mol. The van der Waals surface area contributed by atoms with Gasteiger partial charge in [0.2, 0.25) is 5.91 Å². The minimum Gasteiger partial charge on any atom is -0.368 e. The fourth-order valence-corrected chi connectivity index (χ4v) is 1.72. The van der Waals surface area contributed by atoms with Crippen molar-refractivity contribution in [2.45, 2.75) is 25.3 Å². The van der Waals surface area contributed by atoms with Gasteiger partial charge in [0, 0.05) is 10.6 Å². The number of benzene rings is 1. The zero-order valence-electron chi connectivity index (χ0n) is 10.6. The van der Waals surface area contributed by atoms with Crippen molar-refractivity contribution in [3.05, 3.63) is 47.5 Å². The van der Waals surface area contributed by atoms with E-state index in [0.717, 1.165) is 12.8 Å². The molecule has 4 nitrogen and oxygen atoms in total. The summed E-state index contributed by atoms with van der Waals surface area (Å²) in [6, 6.07) is 5.77. The number of halogens is 1. The number of rotatable bonds is 7. The Balaban J connectivity index is 2.62. The van der Waals surface area contributed by atoms with Crippen molar-refractivity contribution < 1.29 is 9.59 Å². The first-order valence-electron chi connectivity index (χ1n) is 6.01. The highest BCUT2D eigenvalue weighted by Gasteiger charge is 2.18. The van der Waals surface area contributed by atoms with Crippen molar-refractivity contribution in [3.63, 3.8) is 0 Å². The van der Waals surface area contributed by atoms with Gasteiger partial charge >= 0.3 is 0 Å². The monoisotopic (exact) mass is 280 g/mol. The van der Waals surface area contributed by atoms with Gasteiger partial charge in [-0.2, -0.15) is 0 Å². The fraction of sp³-hybridized carbons (Fsp3) is 0.286. The highest BCUT2D eigenvalue weighted by Crippen LogP contribution is 2.10. The summed E-state index contributed by atoms with van der Waals surface area (Å²) in [5.74, 6) is -0.870. The quantitative estimate of drug-likeness (QED) is 0.594. The number of hydrogen-bond donors (Lipinski definition) is 2. The van der Waals surface area contributed by atoms with Crippen LogP contribution in [0.3, 0.4) is 0 Å². The summed E-state index contributed by atoms with van der Waals surface area (Å²) < 4.78 is 0. The van der Waals surface area contributed by atoms with Crippen LogP contribution in [0.15, 0.2) is 36.9 Å². The smallest absolute Gasteiger partial charge is 0.251 e. The van der Waals surface area contributed by atoms with Gasteiger partial charge in [0.15, 0.2) is 0 Å². The highest BCUT2D eigenvalue weighted by atomic mass is 35.5. The molecule has 1 aromatic carbocycles. The molecule has 0 saturated heterocycles. The third-order valence-corrected chi connectivity index (χ3v) is 2.91. The molecular formula is C14H17ClN2O2. The van der Waals surface area contributed by atoms with E-state index in [0.29, 0.717) is 17.0 Å². The molecule has 0 spiro atoms. The number of hydrogen-bond acceptors (Lipinski definition) is 2. The molecule has 0 aliphatic carbocycles.